The topological polar surface area (TPSA) is 34.1 Å². The van der Waals surface area contributed by atoms with Gasteiger partial charge in [0.15, 0.2) is 0 Å². The number of nitrogens with one attached hydrogen (secondary N) is 1. The molecule has 1 aromatic rings. The van der Waals surface area contributed by atoms with Gasteiger partial charge in [0.25, 0.3) is 0 Å². The van der Waals surface area contributed by atoms with E-state index < -0.39 is 0 Å². The maximum Gasteiger partial charge on any atom is 0.213 e. The molecule has 0 saturated carbocycles. The van der Waals surface area contributed by atoms with Crippen molar-refractivity contribution in [2.75, 3.05) is 13.7 Å². The summed E-state index contributed by atoms with van der Waals surface area (Å²) in [6.45, 7) is 4.71. The van der Waals surface area contributed by atoms with Gasteiger partial charge in [-0.05, 0) is 12.6 Å². The Hall–Kier alpha value is -1.06. The quantitative estimate of drug-likeness (QED) is 0.759. The first-order chi connectivity index (χ1) is 6.77. The van der Waals surface area contributed by atoms with E-state index in [0.717, 1.165) is 5.56 Å². The van der Waals surface area contributed by atoms with Crippen molar-refractivity contribution in [2.24, 2.45) is 0 Å². The minimum Gasteiger partial charge on any atom is -0.473 e. The summed E-state index contributed by atoms with van der Waals surface area (Å²) in [5, 5.41) is 3.66. The van der Waals surface area contributed by atoms with Crippen LogP contribution in [0.2, 0.25) is 5.02 Å². The molecule has 0 aliphatic carbocycles. The molecule has 1 aromatic heterocycles. The Morgan fingerprint density at radius 2 is 2.50 bits per heavy atom. The molecule has 0 unspecified atom stereocenters. The summed E-state index contributed by atoms with van der Waals surface area (Å²) in [4.78, 5) is 4.03. The summed E-state index contributed by atoms with van der Waals surface area (Å²) in [5.74, 6) is 0.569. The van der Waals surface area contributed by atoms with E-state index in [0.29, 0.717) is 24.1 Å². The van der Waals surface area contributed by atoms with Crippen LogP contribution in [0, 0.1) is 0 Å². The Kier molecular flexibility index (Phi) is 4.43. The van der Waals surface area contributed by atoms with Crippen LogP contribution < -0.4 is 10.1 Å². The lowest BCUT2D eigenvalue weighted by Gasteiger charge is -2.06. The zero-order chi connectivity index (χ0) is 10.4. The summed E-state index contributed by atoms with van der Waals surface area (Å²) in [6.07, 6.45) is 3.26. The predicted molar refractivity (Wildman–Crippen MR) is 57.7 cm³/mol. The van der Waals surface area contributed by atoms with Crippen LogP contribution in [0.3, 0.4) is 0 Å². The molecule has 0 aliphatic heterocycles. The Labute approximate surface area is 88.8 Å². The van der Waals surface area contributed by atoms with Crippen molar-refractivity contribution in [1.82, 2.24) is 10.3 Å². The Morgan fingerprint density at radius 3 is 3.14 bits per heavy atom. The molecule has 0 amide bonds. The van der Waals surface area contributed by atoms with Crippen molar-refractivity contribution in [3.05, 3.63) is 35.5 Å². The standard InChI is InChI=1S/C10H13ClN2O/c1-3-4-14-10-5-8(6-12-2)9(11)7-13-10/h3,5,7,12H,1,4,6H2,2H3. The van der Waals surface area contributed by atoms with Crippen molar-refractivity contribution in [1.29, 1.82) is 0 Å². The van der Waals surface area contributed by atoms with Gasteiger partial charge in [-0.25, -0.2) is 4.98 Å². The SMILES string of the molecule is C=CCOc1cc(CNC)c(Cl)cn1. The van der Waals surface area contributed by atoms with Gasteiger partial charge < -0.3 is 10.1 Å². The van der Waals surface area contributed by atoms with Crippen LogP contribution in [0.4, 0.5) is 0 Å². The predicted octanol–water partition coefficient (Wildman–Crippen LogP) is 2.02. The summed E-state index contributed by atoms with van der Waals surface area (Å²) in [6, 6.07) is 1.82. The van der Waals surface area contributed by atoms with Crippen LogP contribution >= 0.6 is 11.6 Å². The maximum absolute atomic E-state index is 5.93. The molecule has 0 fully saturated rings. The van der Waals surface area contributed by atoms with Crippen molar-refractivity contribution in [3.63, 3.8) is 0 Å². The number of hydrogen-bond acceptors (Lipinski definition) is 3. The molecule has 0 aliphatic rings. The van der Waals surface area contributed by atoms with E-state index in [4.69, 9.17) is 16.3 Å². The molecule has 1 rings (SSSR count). The van der Waals surface area contributed by atoms with Crippen LogP contribution in [-0.2, 0) is 6.54 Å². The number of pyridine rings is 1. The third kappa shape index (κ3) is 3.01. The first kappa shape index (κ1) is 11.0. The van der Waals surface area contributed by atoms with Gasteiger partial charge in [-0.15, -0.1) is 0 Å². The van der Waals surface area contributed by atoms with Crippen LogP contribution in [0.5, 0.6) is 5.88 Å². The zero-order valence-corrected chi connectivity index (χ0v) is 8.84. The number of nitrogens with zero attached hydrogens (tertiary/aromatic N) is 1. The van der Waals surface area contributed by atoms with Gasteiger partial charge >= 0.3 is 0 Å². The molecule has 14 heavy (non-hydrogen) atoms. The molecule has 1 heterocycles. The summed E-state index contributed by atoms with van der Waals surface area (Å²) >= 11 is 5.93. The molecule has 3 nitrogen and oxygen atoms in total. The molecule has 76 valence electrons. The average molecular weight is 213 g/mol. The number of hydrogen-bond donors (Lipinski definition) is 1. The number of aromatic nitrogens is 1. The van der Waals surface area contributed by atoms with Gasteiger partial charge in [-0.2, -0.15) is 0 Å². The Bertz CT molecular complexity index is 315. The van der Waals surface area contributed by atoms with Gasteiger partial charge in [0.2, 0.25) is 5.88 Å². The molecule has 0 saturated heterocycles. The van der Waals surface area contributed by atoms with Crippen LogP contribution in [0.1, 0.15) is 5.56 Å². The molecular formula is C10H13ClN2O. The van der Waals surface area contributed by atoms with Crippen LogP contribution in [0.15, 0.2) is 24.9 Å². The molecule has 0 spiro atoms. The summed E-state index contributed by atoms with van der Waals surface area (Å²) < 4.78 is 5.28. The lowest BCUT2D eigenvalue weighted by molar-refractivity contribution is 0.348. The lowest BCUT2D eigenvalue weighted by Crippen LogP contribution is -2.06. The minimum absolute atomic E-state index is 0.452. The highest BCUT2D eigenvalue weighted by molar-refractivity contribution is 6.31. The monoisotopic (exact) mass is 212 g/mol. The summed E-state index contributed by atoms with van der Waals surface area (Å²) in [7, 11) is 1.86. The average Bonchev–Trinajstić information content (AvgIpc) is 2.19. The van der Waals surface area contributed by atoms with Gasteiger partial charge in [0.05, 0.1) is 5.02 Å². The highest BCUT2D eigenvalue weighted by atomic mass is 35.5. The molecule has 0 atom stereocenters. The van der Waals surface area contributed by atoms with Gasteiger partial charge in [-0.1, -0.05) is 24.3 Å². The largest absolute Gasteiger partial charge is 0.473 e. The highest BCUT2D eigenvalue weighted by Crippen LogP contribution is 2.18. The molecular weight excluding hydrogens is 200 g/mol. The Balaban J connectivity index is 2.77. The van der Waals surface area contributed by atoms with Gasteiger partial charge in [0.1, 0.15) is 6.61 Å². The third-order valence-electron chi connectivity index (χ3n) is 1.63. The smallest absolute Gasteiger partial charge is 0.213 e. The molecule has 1 N–H and O–H groups in total. The fourth-order valence-electron chi connectivity index (χ4n) is 1.01. The van der Waals surface area contributed by atoms with E-state index in [1.807, 2.05) is 13.1 Å². The third-order valence-corrected chi connectivity index (χ3v) is 1.97. The fourth-order valence-corrected chi connectivity index (χ4v) is 1.18. The lowest BCUT2D eigenvalue weighted by atomic mass is 10.2. The van der Waals surface area contributed by atoms with Gasteiger partial charge in [-0.3, -0.25) is 0 Å². The fraction of sp³-hybridized carbons (Fsp3) is 0.300. The van der Waals surface area contributed by atoms with E-state index in [9.17, 15) is 0 Å². The molecule has 0 aromatic carbocycles. The van der Waals surface area contributed by atoms with Crippen molar-refractivity contribution in [2.45, 2.75) is 6.54 Å². The van der Waals surface area contributed by atoms with E-state index >= 15 is 0 Å². The first-order valence-electron chi connectivity index (χ1n) is 4.30. The second kappa shape index (κ2) is 5.62. The van der Waals surface area contributed by atoms with Crippen LogP contribution in [0.25, 0.3) is 0 Å². The van der Waals surface area contributed by atoms with E-state index in [-0.39, 0.29) is 0 Å². The maximum atomic E-state index is 5.93. The second-order valence-corrected chi connectivity index (χ2v) is 3.15. The van der Waals surface area contributed by atoms with Crippen LogP contribution in [-0.4, -0.2) is 18.6 Å². The second-order valence-electron chi connectivity index (χ2n) is 2.74. The highest BCUT2D eigenvalue weighted by Gasteiger charge is 2.02. The number of ether oxygens (including phenoxy) is 1. The Morgan fingerprint density at radius 1 is 1.71 bits per heavy atom. The minimum atomic E-state index is 0.452. The summed E-state index contributed by atoms with van der Waals surface area (Å²) in [5.41, 5.74) is 0.975. The number of halogens is 1. The van der Waals surface area contributed by atoms with Crippen molar-refractivity contribution < 1.29 is 4.74 Å². The molecule has 0 radical (unpaired) electrons. The van der Waals surface area contributed by atoms with E-state index in [1.54, 1.807) is 12.3 Å². The zero-order valence-electron chi connectivity index (χ0n) is 8.09. The van der Waals surface area contributed by atoms with E-state index in [1.165, 1.54) is 0 Å². The van der Waals surface area contributed by atoms with Crippen molar-refractivity contribution >= 4 is 11.6 Å². The van der Waals surface area contributed by atoms with E-state index in [2.05, 4.69) is 16.9 Å². The number of rotatable bonds is 5. The first-order valence-corrected chi connectivity index (χ1v) is 4.68. The van der Waals surface area contributed by atoms with Gasteiger partial charge in [0, 0.05) is 18.8 Å². The molecule has 0 bridgehead atoms. The molecule has 4 heteroatoms. The normalized spacial score (nSPS) is 9.86. The van der Waals surface area contributed by atoms with Crippen molar-refractivity contribution in [3.8, 4) is 5.88 Å².